The van der Waals surface area contributed by atoms with Gasteiger partial charge in [-0.15, -0.1) is 0 Å². The third-order valence-corrected chi connectivity index (χ3v) is 3.93. The summed E-state index contributed by atoms with van der Waals surface area (Å²) in [5, 5.41) is 7.45. The van der Waals surface area contributed by atoms with E-state index in [4.69, 9.17) is 0 Å². The van der Waals surface area contributed by atoms with E-state index in [9.17, 15) is 4.79 Å². The Morgan fingerprint density at radius 2 is 1.45 bits per heavy atom. The molecule has 0 bridgehead atoms. The van der Waals surface area contributed by atoms with Crippen molar-refractivity contribution >= 4 is 38.4 Å². The highest BCUT2D eigenvalue weighted by atomic mass is 16.1. The van der Waals surface area contributed by atoms with Crippen LogP contribution in [0.25, 0.3) is 32.3 Å². The maximum Gasteiger partial charge on any atom is 0.235 e. The van der Waals surface area contributed by atoms with Gasteiger partial charge in [0.2, 0.25) is 6.08 Å². The smallest absolute Gasteiger partial charge is 0.211 e. The highest BCUT2D eigenvalue weighted by Crippen LogP contribution is 2.35. The number of benzene rings is 4. The van der Waals surface area contributed by atoms with Crippen LogP contribution in [-0.2, 0) is 11.3 Å². The number of hydrogen-bond donors (Lipinski definition) is 0. The largest absolute Gasteiger partial charge is 0.235 e. The lowest BCUT2D eigenvalue weighted by Gasteiger charge is -2.12. The molecule has 0 unspecified atom stereocenters. The van der Waals surface area contributed by atoms with Gasteiger partial charge in [-0.2, -0.15) is 0 Å². The van der Waals surface area contributed by atoms with Gasteiger partial charge < -0.3 is 0 Å². The molecule has 0 fully saturated rings. The lowest BCUT2D eigenvalue weighted by molar-refractivity contribution is 0.563. The normalized spacial score (nSPS) is 11.2. The SMILES string of the molecule is O=C=NCc1ccc2ccc3cccc4ccc1c2c34. The summed E-state index contributed by atoms with van der Waals surface area (Å²) in [7, 11) is 0. The number of hydrogen-bond acceptors (Lipinski definition) is 2. The summed E-state index contributed by atoms with van der Waals surface area (Å²) < 4.78 is 0. The summed E-state index contributed by atoms with van der Waals surface area (Å²) in [6.45, 7) is 0.387. The molecule has 0 saturated carbocycles. The van der Waals surface area contributed by atoms with Gasteiger partial charge in [0.15, 0.2) is 0 Å². The number of isocyanates is 1. The van der Waals surface area contributed by atoms with Crippen LogP contribution in [0, 0.1) is 0 Å². The molecule has 0 aliphatic rings. The highest BCUT2D eigenvalue weighted by molar-refractivity contribution is 6.23. The summed E-state index contributed by atoms with van der Waals surface area (Å²) in [4.78, 5) is 14.1. The first-order valence-electron chi connectivity index (χ1n) is 6.57. The standard InChI is InChI=1S/C18H11NO/c20-11-19-10-15-7-6-14-5-4-12-2-1-3-13-8-9-16(15)18(14)17(12)13/h1-9H,10H2. The molecule has 4 rings (SSSR count). The van der Waals surface area contributed by atoms with Crippen molar-refractivity contribution < 1.29 is 4.79 Å². The average molecular weight is 257 g/mol. The minimum absolute atomic E-state index is 0.387. The second-order valence-corrected chi connectivity index (χ2v) is 4.99. The third-order valence-electron chi connectivity index (χ3n) is 3.93. The molecular formula is C18H11NO. The Bertz CT molecular complexity index is 965. The predicted molar refractivity (Wildman–Crippen MR) is 82.0 cm³/mol. The molecule has 0 aliphatic heterocycles. The summed E-state index contributed by atoms with van der Waals surface area (Å²) in [6, 6.07) is 19.1. The van der Waals surface area contributed by atoms with Gasteiger partial charge in [0, 0.05) is 0 Å². The number of rotatable bonds is 2. The van der Waals surface area contributed by atoms with Crippen LogP contribution in [0.5, 0.6) is 0 Å². The zero-order valence-electron chi connectivity index (χ0n) is 10.8. The summed E-state index contributed by atoms with van der Waals surface area (Å²) in [5.74, 6) is 0. The molecular weight excluding hydrogens is 246 g/mol. The molecule has 94 valence electrons. The topological polar surface area (TPSA) is 29.4 Å². The van der Waals surface area contributed by atoms with Crippen molar-refractivity contribution in [3.8, 4) is 0 Å². The van der Waals surface area contributed by atoms with E-state index in [0.717, 1.165) is 5.56 Å². The van der Waals surface area contributed by atoms with E-state index in [1.165, 1.54) is 32.3 Å². The van der Waals surface area contributed by atoms with E-state index in [-0.39, 0.29) is 0 Å². The fraction of sp³-hybridized carbons (Fsp3) is 0.0556. The Morgan fingerprint density at radius 1 is 0.800 bits per heavy atom. The van der Waals surface area contributed by atoms with Crippen molar-refractivity contribution in [3.05, 3.63) is 60.2 Å². The maximum absolute atomic E-state index is 10.4. The van der Waals surface area contributed by atoms with Gasteiger partial charge in [-0.1, -0.05) is 54.6 Å². The van der Waals surface area contributed by atoms with Crippen molar-refractivity contribution in [2.75, 3.05) is 0 Å². The molecule has 0 aliphatic carbocycles. The Kier molecular flexibility index (Phi) is 2.32. The minimum Gasteiger partial charge on any atom is -0.211 e. The molecule has 20 heavy (non-hydrogen) atoms. The fourth-order valence-electron chi connectivity index (χ4n) is 3.05. The van der Waals surface area contributed by atoms with E-state index in [0.29, 0.717) is 6.54 Å². The molecule has 0 aromatic heterocycles. The van der Waals surface area contributed by atoms with Crippen molar-refractivity contribution in [2.45, 2.75) is 6.54 Å². The maximum atomic E-state index is 10.4. The minimum atomic E-state index is 0.387. The van der Waals surface area contributed by atoms with Crippen LogP contribution >= 0.6 is 0 Å². The van der Waals surface area contributed by atoms with Crippen molar-refractivity contribution in [2.24, 2.45) is 4.99 Å². The average Bonchev–Trinajstić information content (AvgIpc) is 2.51. The predicted octanol–water partition coefficient (Wildman–Crippen LogP) is 4.42. The number of nitrogens with zero attached hydrogens (tertiary/aromatic N) is 1. The van der Waals surface area contributed by atoms with E-state index in [2.05, 4.69) is 53.5 Å². The molecule has 0 heterocycles. The van der Waals surface area contributed by atoms with E-state index >= 15 is 0 Å². The van der Waals surface area contributed by atoms with Gasteiger partial charge in [0.05, 0.1) is 6.54 Å². The zero-order valence-corrected chi connectivity index (χ0v) is 10.8. The molecule has 0 amide bonds. The van der Waals surface area contributed by atoms with Crippen LogP contribution < -0.4 is 0 Å². The van der Waals surface area contributed by atoms with E-state index in [1.807, 2.05) is 6.07 Å². The third kappa shape index (κ3) is 1.46. The van der Waals surface area contributed by atoms with Gasteiger partial charge in [-0.25, -0.2) is 9.79 Å². The zero-order chi connectivity index (χ0) is 13.5. The molecule has 0 atom stereocenters. The lowest BCUT2D eigenvalue weighted by atomic mass is 9.92. The summed E-state index contributed by atoms with van der Waals surface area (Å²) >= 11 is 0. The Morgan fingerprint density at radius 3 is 2.20 bits per heavy atom. The molecule has 4 aromatic carbocycles. The van der Waals surface area contributed by atoms with Crippen molar-refractivity contribution in [1.29, 1.82) is 0 Å². The van der Waals surface area contributed by atoms with Crippen LogP contribution in [0.1, 0.15) is 5.56 Å². The first kappa shape index (κ1) is 11.2. The Labute approximate surface area is 115 Å². The Balaban J connectivity index is 2.22. The van der Waals surface area contributed by atoms with Crippen LogP contribution in [0.15, 0.2) is 59.6 Å². The molecule has 0 spiro atoms. The first-order valence-corrected chi connectivity index (χ1v) is 6.57. The highest BCUT2D eigenvalue weighted by Gasteiger charge is 2.09. The molecule has 0 saturated heterocycles. The second-order valence-electron chi connectivity index (χ2n) is 4.99. The van der Waals surface area contributed by atoms with Crippen molar-refractivity contribution in [3.63, 3.8) is 0 Å². The fourth-order valence-corrected chi connectivity index (χ4v) is 3.05. The summed E-state index contributed by atoms with van der Waals surface area (Å²) in [5.41, 5.74) is 1.07. The van der Waals surface area contributed by atoms with Crippen LogP contribution in [0.4, 0.5) is 0 Å². The second kappa shape index (κ2) is 4.16. The molecule has 2 nitrogen and oxygen atoms in total. The van der Waals surface area contributed by atoms with E-state index in [1.54, 1.807) is 6.08 Å². The van der Waals surface area contributed by atoms with Crippen LogP contribution in [0.3, 0.4) is 0 Å². The Hall–Kier alpha value is -2.70. The quantitative estimate of drug-likeness (QED) is 0.297. The van der Waals surface area contributed by atoms with Crippen LogP contribution in [0.2, 0.25) is 0 Å². The van der Waals surface area contributed by atoms with Gasteiger partial charge >= 0.3 is 0 Å². The molecule has 0 N–H and O–H groups in total. The number of carbonyl (C=O) groups excluding carboxylic acids is 1. The van der Waals surface area contributed by atoms with Gasteiger partial charge in [0.25, 0.3) is 0 Å². The molecule has 0 radical (unpaired) electrons. The molecule has 4 aromatic rings. The van der Waals surface area contributed by atoms with Crippen molar-refractivity contribution in [1.82, 2.24) is 0 Å². The first-order chi connectivity index (χ1) is 9.88. The lowest BCUT2D eigenvalue weighted by Crippen LogP contribution is -1.88. The number of aliphatic imine (C=N–C) groups is 1. The summed E-state index contributed by atoms with van der Waals surface area (Å²) in [6.07, 6.45) is 1.62. The van der Waals surface area contributed by atoms with Gasteiger partial charge in [-0.05, 0) is 37.9 Å². The van der Waals surface area contributed by atoms with Gasteiger partial charge in [-0.3, -0.25) is 0 Å². The van der Waals surface area contributed by atoms with Gasteiger partial charge in [0.1, 0.15) is 0 Å². The van der Waals surface area contributed by atoms with E-state index < -0.39 is 0 Å². The van der Waals surface area contributed by atoms with Crippen LogP contribution in [-0.4, -0.2) is 6.08 Å². The monoisotopic (exact) mass is 257 g/mol. The molecule has 2 heteroatoms.